The highest BCUT2D eigenvalue weighted by molar-refractivity contribution is 8.13. The standard InChI is InChI=1S/C11H12ClNO4S/c1-11(2)7-13(10(14)17-11)8-3-5-9(6-4-8)18(12,15)16/h3-6H,7H2,1-2H3. The zero-order valence-corrected chi connectivity index (χ0v) is 11.5. The van der Waals surface area contributed by atoms with Gasteiger partial charge in [0, 0.05) is 16.4 Å². The van der Waals surface area contributed by atoms with Gasteiger partial charge in [-0.2, -0.15) is 0 Å². The molecule has 98 valence electrons. The van der Waals surface area contributed by atoms with Crippen LogP contribution < -0.4 is 4.90 Å². The van der Waals surface area contributed by atoms with Crippen LogP contribution in [0, 0.1) is 0 Å². The number of ether oxygens (including phenoxy) is 1. The monoisotopic (exact) mass is 289 g/mol. The Morgan fingerprint density at radius 3 is 2.22 bits per heavy atom. The molecule has 18 heavy (non-hydrogen) atoms. The second-order valence-corrected chi connectivity index (χ2v) is 7.21. The predicted molar refractivity (Wildman–Crippen MR) is 67.4 cm³/mol. The molecule has 1 heterocycles. The van der Waals surface area contributed by atoms with Crippen molar-refractivity contribution in [2.45, 2.75) is 24.3 Å². The average molecular weight is 290 g/mol. The van der Waals surface area contributed by atoms with Crippen molar-refractivity contribution in [1.82, 2.24) is 0 Å². The van der Waals surface area contributed by atoms with Crippen LogP contribution in [-0.4, -0.2) is 26.7 Å². The SMILES string of the molecule is CC1(C)CN(c2ccc(S(=O)(=O)Cl)cc2)C(=O)O1. The molecule has 0 radical (unpaired) electrons. The summed E-state index contributed by atoms with van der Waals surface area (Å²) in [6, 6.07) is 5.77. The fraction of sp³-hybridized carbons (Fsp3) is 0.364. The summed E-state index contributed by atoms with van der Waals surface area (Å²) in [7, 11) is 1.47. The van der Waals surface area contributed by atoms with Gasteiger partial charge in [-0.3, -0.25) is 4.90 Å². The molecule has 0 N–H and O–H groups in total. The number of amides is 1. The van der Waals surface area contributed by atoms with Gasteiger partial charge in [-0.25, -0.2) is 13.2 Å². The van der Waals surface area contributed by atoms with E-state index in [1.54, 1.807) is 0 Å². The van der Waals surface area contributed by atoms with Crippen LogP contribution in [0.2, 0.25) is 0 Å². The Labute approximate surface area is 110 Å². The normalized spacial score (nSPS) is 18.8. The van der Waals surface area contributed by atoms with Gasteiger partial charge in [-0.1, -0.05) is 0 Å². The molecule has 1 amide bonds. The first-order valence-corrected chi connectivity index (χ1v) is 7.55. The van der Waals surface area contributed by atoms with Crippen LogP contribution in [-0.2, 0) is 13.8 Å². The van der Waals surface area contributed by atoms with E-state index in [1.165, 1.54) is 29.2 Å². The molecule has 0 spiro atoms. The maximum absolute atomic E-state index is 11.6. The molecular formula is C11H12ClNO4S. The van der Waals surface area contributed by atoms with E-state index in [0.29, 0.717) is 12.2 Å². The molecule has 2 rings (SSSR count). The van der Waals surface area contributed by atoms with Crippen LogP contribution >= 0.6 is 10.7 Å². The summed E-state index contributed by atoms with van der Waals surface area (Å²) in [5, 5.41) is 0. The van der Waals surface area contributed by atoms with Gasteiger partial charge >= 0.3 is 6.09 Å². The Kier molecular flexibility index (Phi) is 3.03. The summed E-state index contributed by atoms with van der Waals surface area (Å²) in [6.45, 7) is 4.03. The van der Waals surface area contributed by atoms with Gasteiger partial charge in [0.05, 0.1) is 11.4 Å². The smallest absolute Gasteiger partial charge is 0.415 e. The van der Waals surface area contributed by atoms with Crippen molar-refractivity contribution < 1.29 is 17.9 Å². The Morgan fingerprint density at radius 2 is 1.83 bits per heavy atom. The predicted octanol–water partition coefficient (Wildman–Crippen LogP) is 2.35. The van der Waals surface area contributed by atoms with Crippen molar-refractivity contribution in [2.24, 2.45) is 0 Å². The minimum Gasteiger partial charge on any atom is -0.441 e. The van der Waals surface area contributed by atoms with Crippen LogP contribution in [0.4, 0.5) is 10.5 Å². The lowest BCUT2D eigenvalue weighted by atomic mass is 10.1. The van der Waals surface area contributed by atoms with Crippen LogP contribution in [0.3, 0.4) is 0 Å². The molecule has 5 nitrogen and oxygen atoms in total. The lowest BCUT2D eigenvalue weighted by Gasteiger charge is -2.15. The fourth-order valence-corrected chi connectivity index (χ4v) is 2.52. The molecule has 0 aromatic heterocycles. The molecule has 0 bridgehead atoms. The Bertz CT molecular complexity index is 580. The van der Waals surface area contributed by atoms with E-state index in [4.69, 9.17) is 15.4 Å². The van der Waals surface area contributed by atoms with E-state index in [1.807, 2.05) is 13.8 Å². The lowest BCUT2D eigenvalue weighted by molar-refractivity contribution is 0.0871. The van der Waals surface area contributed by atoms with Crippen molar-refractivity contribution in [2.75, 3.05) is 11.4 Å². The highest BCUT2D eigenvalue weighted by Crippen LogP contribution is 2.28. The maximum Gasteiger partial charge on any atom is 0.415 e. The van der Waals surface area contributed by atoms with E-state index in [2.05, 4.69) is 0 Å². The quantitative estimate of drug-likeness (QED) is 0.784. The van der Waals surface area contributed by atoms with Gasteiger partial charge in [0.15, 0.2) is 0 Å². The van der Waals surface area contributed by atoms with Crippen molar-refractivity contribution in [3.8, 4) is 0 Å². The molecule has 0 atom stereocenters. The fourth-order valence-electron chi connectivity index (χ4n) is 1.75. The van der Waals surface area contributed by atoms with Gasteiger partial charge in [0.2, 0.25) is 0 Å². The molecule has 1 aromatic carbocycles. The number of carbonyl (C=O) groups excluding carboxylic acids is 1. The summed E-state index contributed by atoms with van der Waals surface area (Å²) < 4.78 is 27.3. The van der Waals surface area contributed by atoms with Crippen LogP contribution in [0.25, 0.3) is 0 Å². The highest BCUT2D eigenvalue weighted by atomic mass is 35.7. The van der Waals surface area contributed by atoms with Crippen LogP contribution in [0.5, 0.6) is 0 Å². The first kappa shape index (κ1) is 13.2. The molecule has 0 saturated carbocycles. The second-order valence-electron chi connectivity index (χ2n) is 4.65. The number of benzene rings is 1. The van der Waals surface area contributed by atoms with Crippen molar-refractivity contribution >= 4 is 31.5 Å². The Balaban J connectivity index is 2.29. The first-order chi connectivity index (χ1) is 8.19. The van der Waals surface area contributed by atoms with Gasteiger partial charge in [-0.05, 0) is 38.1 Å². The first-order valence-electron chi connectivity index (χ1n) is 5.24. The number of carbonyl (C=O) groups is 1. The number of halogens is 1. The third kappa shape index (κ3) is 2.59. The van der Waals surface area contributed by atoms with Crippen LogP contribution in [0.1, 0.15) is 13.8 Å². The van der Waals surface area contributed by atoms with E-state index >= 15 is 0 Å². The number of cyclic esters (lactones) is 1. The largest absolute Gasteiger partial charge is 0.441 e. The Morgan fingerprint density at radius 1 is 1.28 bits per heavy atom. The molecule has 1 aliphatic heterocycles. The molecule has 1 saturated heterocycles. The van der Waals surface area contributed by atoms with Crippen LogP contribution in [0.15, 0.2) is 29.2 Å². The van der Waals surface area contributed by atoms with Gasteiger partial charge in [-0.15, -0.1) is 0 Å². The minimum atomic E-state index is -3.74. The summed E-state index contributed by atoms with van der Waals surface area (Å²) in [4.78, 5) is 13.1. The number of anilines is 1. The van der Waals surface area contributed by atoms with E-state index in [0.717, 1.165) is 0 Å². The topological polar surface area (TPSA) is 63.7 Å². The number of rotatable bonds is 2. The summed E-state index contributed by atoms with van der Waals surface area (Å²) >= 11 is 0. The van der Waals surface area contributed by atoms with E-state index < -0.39 is 20.7 Å². The zero-order valence-electron chi connectivity index (χ0n) is 9.88. The number of hydrogen-bond acceptors (Lipinski definition) is 4. The van der Waals surface area contributed by atoms with E-state index in [-0.39, 0.29) is 4.90 Å². The molecule has 1 fully saturated rings. The molecule has 0 unspecified atom stereocenters. The summed E-state index contributed by atoms with van der Waals surface area (Å²) in [5.41, 5.74) is 0.0311. The zero-order chi connectivity index (χ0) is 13.6. The Hall–Kier alpha value is -1.27. The second kappa shape index (κ2) is 4.13. The molecule has 1 aliphatic rings. The van der Waals surface area contributed by atoms with Crippen molar-refractivity contribution in [3.63, 3.8) is 0 Å². The average Bonchev–Trinajstić information content (AvgIpc) is 2.51. The maximum atomic E-state index is 11.6. The van der Waals surface area contributed by atoms with E-state index in [9.17, 15) is 13.2 Å². The van der Waals surface area contributed by atoms with Gasteiger partial charge < -0.3 is 4.74 Å². The summed E-state index contributed by atoms with van der Waals surface area (Å²) in [6.07, 6.45) is -0.443. The highest BCUT2D eigenvalue weighted by Gasteiger charge is 2.38. The molecule has 1 aromatic rings. The number of nitrogens with zero attached hydrogens (tertiary/aromatic N) is 1. The van der Waals surface area contributed by atoms with Gasteiger partial charge in [0.25, 0.3) is 9.05 Å². The van der Waals surface area contributed by atoms with Crippen molar-refractivity contribution in [3.05, 3.63) is 24.3 Å². The minimum absolute atomic E-state index is 0.000240. The third-order valence-electron chi connectivity index (χ3n) is 2.55. The van der Waals surface area contributed by atoms with Crippen molar-refractivity contribution in [1.29, 1.82) is 0 Å². The molecule has 7 heteroatoms. The third-order valence-corrected chi connectivity index (χ3v) is 3.92. The van der Waals surface area contributed by atoms with Gasteiger partial charge in [0.1, 0.15) is 5.60 Å². The molecular weight excluding hydrogens is 278 g/mol. The lowest BCUT2D eigenvalue weighted by Crippen LogP contribution is -2.28. The number of hydrogen-bond donors (Lipinski definition) is 0. The summed E-state index contributed by atoms with van der Waals surface area (Å²) in [5.74, 6) is 0. The molecule has 0 aliphatic carbocycles.